The van der Waals surface area contributed by atoms with Crippen molar-refractivity contribution in [3.05, 3.63) is 22.4 Å². The normalized spacial score (nSPS) is 17.5. The third-order valence-corrected chi connectivity index (χ3v) is 5.73. The molecule has 0 radical (unpaired) electrons. The van der Waals surface area contributed by atoms with Crippen LogP contribution in [0.4, 0.5) is 0 Å². The van der Waals surface area contributed by atoms with E-state index >= 15 is 0 Å². The molecule has 1 fully saturated rings. The molecule has 0 aromatic carbocycles. The highest BCUT2D eigenvalue weighted by Crippen LogP contribution is 2.25. The molecule has 5 nitrogen and oxygen atoms in total. The van der Waals surface area contributed by atoms with E-state index in [1.807, 2.05) is 18.4 Å². The van der Waals surface area contributed by atoms with E-state index in [0.717, 1.165) is 51.5 Å². The van der Waals surface area contributed by atoms with Gasteiger partial charge in [-0.1, -0.05) is 6.07 Å². The first-order valence-corrected chi connectivity index (χ1v) is 9.15. The van der Waals surface area contributed by atoms with Crippen LogP contribution in [-0.4, -0.2) is 75.8 Å². The summed E-state index contributed by atoms with van der Waals surface area (Å²) < 4.78 is 5.54. The molecular formula is C17H31IN4OS. The molecule has 1 aromatic heterocycles. The van der Waals surface area contributed by atoms with E-state index in [-0.39, 0.29) is 29.5 Å². The van der Waals surface area contributed by atoms with Crippen LogP contribution in [0.5, 0.6) is 0 Å². The molecule has 0 unspecified atom stereocenters. The van der Waals surface area contributed by atoms with Crippen molar-refractivity contribution >= 4 is 41.3 Å². The molecule has 1 N–H and O–H groups in total. The Kier molecular flexibility index (Phi) is 9.54. The summed E-state index contributed by atoms with van der Waals surface area (Å²) in [5.74, 6) is 0.967. The van der Waals surface area contributed by atoms with Crippen molar-refractivity contribution in [2.24, 2.45) is 4.99 Å². The van der Waals surface area contributed by atoms with Gasteiger partial charge in [-0.05, 0) is 44.8 Å². The van der Waals surface area contributed by atoms with Crippen molar-refractivity contribution in [1.82, 2.24) is 15.1 Å². The zero-order valence-corrected chi connectivity index (χ0v) is 18.4. The van der Waals surface area contributed by atoms with Gasteiger partial charge in [-0.2, -0.15) is 0 Å². The fourth-order valence-corrected chi connectivity index (χ4v) is 3.70. The van der Waals surface area contributed by atoms with Gasteiger partial charge in [0.25, 0.3) is 0 Å². The molecule has 7 heteroatoms. The highest BCUT2D eigenvalue weighted by molar-refractivity contribution is 14.0. The van der Waals surface area contributed by atoms with E-state index < -0.39 is 0 Å². The lowest BCUT2D eigenvalue weighted by molar-refractivity contribution is -0.00520. The SMILES string of the molecule is CN=C(NCC1(N(C)C)CCOCC1)N(C)CCc1cccs1.I. The Balaban J connectivity index is 0.00000288. The second-order valence-corrected chi connectivity index (χ2v) is 7.42. The number of ether oxygens (including phenoxy) is 1. The maximum atomic E-state index is 5.54. The standard InChI is InChI=1S/C17H30N4OS.HI/c1-18-16(21(4)10-7-15-6-5-13-23-15)19-14-17(20(2)3)8-11-22-12-9-17;/h5-6,13H,7-12,14H2,1-4H3,(H,18,19);1H. The summed E-state index contributed by atoms with van der Waals surface area (Å²) in [7, 11) is 8.29. The van der Waals surface area contributed by atoms with Crippen LogP contribution in [-0.2, 0) is 11.2 Å². The molecule has 138 valence electrons. The van der Waals surface area contributed by atoms with Crippen molar-refractivity contribution in [2.75, 3.05) is 54.5 Å². The first-order chi connectivity index (χ1) is 11.1. The van der Waals surface area contributed by atoms with E-state index in [1.165, 1.54) is 4.88 Å². The van der Waals surface area contributed by atoms with Crippen molar-refractivity contribution < 1.29 is 4.74 Å². The van der Waals surface area contributed by atoms with Gasteiger partial charge in [0.15, 0.2) is 5.96 Å². The lowest BCUT2D eigenvalue weighted by Gasteiger charge is -2.43. The molecule has 0 bridgehead atoms. The quantitative estimate of drug-likeness (QED) is 0.398. The molecule has 1 aromatic rings. The molecule has 1 saturated heterocycles. The topological polar surface area (TPSA) is 40.1 Å². The third kappa shape index (κ3) is 5.86. The van der Waals surface area contributed by atoms with Crippen LogP contribution in [0.25, 0.3) is 0 Å². The van der Waals surface area contributed by atoms with Gasteiger partial charge in [0.05, 0.1) is 0 Å². The van der Waals surface area contributed by atoms with Gasteiger partial charge < -0.3 is 19.9 Å². The zero-order valence-electron chi connectivity index (χ0n) is 15.2. The van der Waals surface area contributed by atoms with Crippen molar-refractivity contribution in [3.8, 4) is 0 Å². The minimum Gasteiger partial charge on any atom is -0.381 e. The van der Waals surface area contributed by atoms with Gasteiger partial charge in [-0.3, -0.25) is 4.99 Å². The molecule has 1 aliphatic heterocycles. The number of hydrogen-bond acceptors (Lipinski definition) is 4. The minimum absolute atomic E-state index is 0. The highest BCUT2D eigenvalue weighted by Gasteiger charge is 2.35. The molecule has 24 heavy (non-hydrogen) atoms. The summed E-state index contributed by atoms with van der Waals surface area (Å²) in [6, 6.07) is 4.30. The molecule has 0 spiro atoms. The number of guanidine groups is 1. The summed E-state index contributed by atoms with van der Waals surface area (Å²) in [5, 5.41) is 5.71. The molecule has 0 saturated carbocycles. The number of thiophene rings is 1. The van der Waals surface area contributed by atoms with Crippen molar-refractivity contribution in [2.45, 2.75) is 24.8 Å². The second-order valence-electron chi connectivity index (χ2n) is 6.38. The van der Waals surface area contributed by atoms with E-state index in [0.29, 0.717) is 0 Å². The van der Waals surface area contributed by atoms with Crippen molar-refractivity contribution in [3.63, 3.8) is 0 Å². The maximum absolute atomic E-state index is 5.54. The van der Waals surface area contributed by atoms with Crippen LogP contribution in [0.3, 0.4) is 0 Å². The smallest absolute Gasteiger partial charge is 0.193 e. The van der Waals surface area contributed by atoms with E-state index in [4.69, 9.17) is 4.74 Å². The Morgan fingerprint density at radius 3 is 2.58 bits per heavy atom. The molecule has 0 aliphatic carbocycles. The van der Waals surface area contributed by atoms with Gasteiger partial charge in [0.1, 0.15) is 0 Å². The van der Waals surface area contributed by atoms with Crippen LogP contribution in [0.1, 0.15) is 17.7 Å². The summed E-state index contributed by atoms with van der Waals surface area (Å²) in [6.45, 7) is 3.55. The van der Waals surface area contributed by atoms with Crippen molar-refractivity contribution in [1.29, 1.82) is 0 Å². The van der Waals surface area contributed by atoms with Crippen LogP contribution in [0.15, 0.2) is 22.5 Å². The fraction of sp³-hybridized carbons (Fsp3) is 0.706. The molecule has 0 amide bonds. The Hall–Kier alpha value is -0.380. The molecule has 2 rings (SSSR count). The van der Waals surface area contributed by atoms with Gasteiger partial charge in [-0.25, -0.2) is 0 Å². The minimum atomic E-state index is 0. The summed E-state index contributed by atoms with van der Waals surface area (Å²) in [4.78, 5) is 10.4. The number of halogens is 1. The van der Waals surface area contributed by atoms with Gasteiger partial charge >= 0.3 is 0 Å². The van der Waals surface area contributed by atoms with E-state index in [1.54, 1.807) is 0 Å². The number of rotatable bonds is 6. The predicted molar refractivity (Wildman–Crippen MR) is 114 cm³/mol. The van der Waals surface area contributed by atoms with E-state index in [9.17, 15) is 0 Å². The first kappa shape index (κ1) is 21.7. The summed E-state index contributed by atoms with van der Waals surface area (Å²) in [5.41, 5.74) is 0.156. The van der Waals surface area contributed by atoms with E-state index in [2.05, 4.69) is 58.8 Å². The predicted octanol–water partition coefficient (Wildman–Crippen LogP) is 2.53. The number of aliphatic imine (C=N–C) groups is 1. The lowest BCUT2D eigenvalue weighted by atomic mass is 9.88. The van der Waals surface area contributed by atoms with Crippen LogP contribution in [0, 0.1) is 0 Å². The molecule has 0 atom stereocenters. The number of likely N-dealkylation sites (N-methyl/N-ethyl adjacent to an activating group) is 2. The highest BCUT2D eigenvalue weighted by atomic mass is 127. The average Bonchev–Trinajstić information content (AvgIpc) is 3.07. The summed E-state index contributed by atoms with van der Waals surface area (Å²) >= 11 is 1.82. The number of nitrogens with zero attached hydrogens (tertiary/aromatic N) is 3. The monoisotopic (exact) mass is 466 g/mol. The van der Waals surface area contributed by atoms with Gasteiger partial charge in [-0.15, -0.1) is 35.3 Å². The van der Waals surface area contributed by atoms with Crippen LogP contribution >= 0.6 is 35.3 Å². The number of nitrogens with one attached hydrogen (secondary N) is 1. The van der Waals surface area contributed by atoms with Gasteiger partial charge in [0, 0.05) is 50.8 Å². The maximum Gasteiger partial charge on any atom is 0.193 e. The Bertz CT molecular complexity index is 487. The number of hydrogen-bond donors (Lipinski definition) is 1. The fourth-order valence-electron chi connectivity index (χ4n) is 3.00. The second kappa shape index (κ2) is 10.6. The van der Waals surface area contributed by atoms with Gasteiger partial charge in [0.2, 0.25) is 0 Å². The Morgan fingerprint density at radius 2 is 2.04 bits per heavy atom. The Morgan fingerprint density at radius 1 is 1.33 bits per heavy atom. The van der Waals surface area contributed by atoms with Crippen LogP contribution < -0.4 is 5.32 Å². The lowest BCUT2D eigenvalue weighted by Crippen LogP contribution is -2.57. The zero-order chi connectivity index (χ0) is 16.7. The molecule has 1 aliphatic rings. The molecule has 2 heterocycles. The summed E-state index contributed by atoms with van der Waals surface area (Å²) in [6.07, 6.45) is 3.17. The third-order valence-electron chi connectivity index (χ3n) is 4.79. The molecular weight excluding hydrogens is 435 g/mol. The Labute approximate surface area is 167 Å². The first-order valence-electron chi connectivity index (χ1n) is 8.27. The van der Waals surface area contributed by atoms with Crippen LogP contribution in [0.2, 0.25) is 0 Å². The average molecular weight is 466 g/mol. The largest absolute Gasteiger partial charge is 0.381 e.